The summed E-state index contributed by atoms with van der Waals surface area (Å²) in [5.74, 6) is 0. The fourth-order valence-electron chi connectivity index (χ4n) is 2.80. The third-order valence-corrected chi connectivity index (χ3v) is 8.83. The van der Waals surface area contributed by atoms with Gasteiger partial charge in [0.05, 0.1) is 20.1 Å². The van der Waals surface area contributed by atoms with Crippen molar-refractivity contribution in [2.75, 3.05) is 20.1 Å². The number of hydrogen-bond acceptors (Lipinski definition) is 4. The number of rotatable bonds is 10. The second-order valence-corrected chi connectivity index (χ2v) is 10.6. The fourth-order valence-corrected chi connectivity index (χ4v) is 7.01. The summed E-state index contributed by atoms with van der Waals surface area (Å²) < 4.78 is 120. The van der Waals surface area contributed by atoms with Crippen LogP contribution in [0.25, 0.3) is 0 Å². The second-order valence-electron chi connectivity index (χ2n) is 6.28. The molecule has 0 N–H and O–H groups in total. The summed E-state index contributed by atoms with van der Waals surface area (Å²) >= 11 is 0. The highest BCUT2D eigenvalue weighted by atomic mass is 32.3. The number of quaternary nitrogens is 1. The SMILES string of the molecule is CCCCCC[N+](C)(CCC)C(S(=O)(=O)C(F)(F)F)S(=O)(=O)C(F)(F)F. The molecule has 26 heavy (non-hydrogen) atoms. The van der Waals surface area contributed by atoms with Gasteiger partial charge in [0.25, 0.3) is 0 Å². The molecule has 0 aliphatic heterocycles. The smallest absolute Gasteiger partial charge is 0.298 e. The van der Waals surface area contributed by atoms with Crippen molar-refractivity contribution in [3.8, 4) is 0 Å². The lowest BCUT2D eigenvalue weighted by Gasteiger charge is -2.40. The minimum atomic E-state index is -6.64. The van der Waals surface area contributed by atoms with Gasteiger partial charge in [-0.15, -0.1) is 0 Å². The summed E-state index contributed by atoms with van der Waals surface area (Å²) in [5, 5.41) is 0. The summed E-state index contributed by atoms with van der Waals surface area (Å²) in [6, 6.07) is 0. The zero-order valence-corrected chi connectivity index (χ0v) is 16.3. The first-order valence-electron chi connectivity index (χ1n) is 7.93. The van der Waals surface area contributed by atoms with Gasteiger partial charge in [-0.25, -0.2) is 16.8 Å². The summed E-state index contributed by atoms with van der Waals surface area (Å²) in [6.45, 7) is 2.33. The van der Waals surface area contributed by atoms with Gasteiger partial charge in [-0.3, -0.25) is 4.48 Å². The maximum atomic E-state index is 13.0. The van der Waals surface area contributed by atoms with E-state index in [4.69, 9.17) is 0 Å². The molecule has 1 unspecified atom stereocenters. The quantitative estimate of drug-likeness (QED) is 0.298. The van der Waals surface area contributed by atoms with E-state index in [1.807, 2.05) is 6.92 Å². The maximum Gasteiger partial charge on any atom is 0.504 e. The molecule has 1 atom stereocenters. The van der Waals surface area contributed by atoms with Crippen LogP contribution in [0.5, 0.6) is 0 Å². The molecule has 0 saturated carbocycles. The lowest BCUT2D eigenvalue weighted by atomic mass is 10.2. The van der Waals surface area contributed by atoms with Crippen LogP contribution in [-0.4, -0.2) is 57.2 Å². The van der Waals surface area contributed by atoms with Crippen LogP contribution in [0.15, 0.2) is 0 Å². The van der Waals surface area contributed by atoms with E-state index in [0.717, 1.165) is 13.5 Å². The Kier molecular flexibility index (Phi) is 8.45. The van der Waals surface area contributed by atoms with E-state index in [1.165, 1.54) is 6.92 Å². The highest BCUT2D eigenvalue weighted by Crippen LogP contribution is 2.40. The van der Waals surface area contributed by atoms with Crippen LogP contribution in [0.2, 0.25) is 0 Å². The average molecular weight is 436 g/mol. The molecule has 0 spiro atoms. The van der Waals surface area contributed by atoms with Crippen LogP contribution in [0.4, 0.5) is 26.3 Å². The van der Waals surface area contributed by atoms with Crippen molar-refractivity contribution in [2.24, 2.45) is 0 Å². The molecule has 5 nitrogen and oxygen atoms in total. The molecule has 158 valence electrons. The van der Waals surface area contributed by atoms with Crippen molar-refractivity contribution in [1.82, 2.24) is 0 Å². The first kappa shape index (κ1) is 25.4. The number of nitrogens with zero attached hydrogens (tertiary/aromatic N) is 1. The molecule has 0 aromatic heterocycles. The van der Waals surface area contributed by atoms with Crippen LogP contribution < -0.4 is 0 Å². The first-order chi connectivity index (χ1) is 11.5. The summed E-state index contributed by atoms with van der Waals surface area (Å²) in [4.78, 5) is 0. The van der Waals surface area contributed by atoms with Gasteiger partial charge < -0.3 is 0 Å². The molecule has 0 aromatic carbocycles. The third kappa shape index (κ3) is 5.47. The molecule has 13 heteroatoms. The zero-order valence-electron chi connectivity index (χ0n) is 14.7. The molecule has 0 bridgehead atoms. The molecule has 0 rings (SSSR count). The number of sulfone groups is 2. The molecule has 0 aliphatic rings. The Morgan fingerprint density at radius 1 is 0.731 bits per heavy atom. The third-order valence-electron chi connectivity index (χ3n) is 3.94. The number of halogens is 6. The normalized spacial score (nSPS) is 16.7. The highest BCUT2D eigenvalue weighted by Gasteiger charge is 2.69. The van der Waals surface area contributed by atoms with Crippen molar-refractivity contribution in [3.63, 3.8) is 0 Å². The first-order valence-corrected chi connectivity index (χ1v) is 11.0. The largest absolute Gasteiger partial charge is 0.504 e. The zero-order chi connectivity index (χ0) is 21.0. The van der Waals surface area contributed by atoms with E-state index in [-0.39, 0.29) is 12.8 Å². The minimum absolute atomic E-state index is 0.00152. The number of alkyl halides is 6. The average Bonchev–Trinajstić information content (AvgIpc) is 2.40. The van der Waals surface area contributed by atoms with Crippen molar-refractivity contribution in [3.05, 3.63) is 0 Å². The van der Waals surface area contributed by atoms with Crippen LogP contribution >= 0.6 is 0 Å². The Bertz CT molecular complexity index is 613. The van der Waals surface area contributed by atoms with Gasteiger partial charge in [-0.1, -0.05) is 26.7 Å². The Morgan fingerprint density at radius 3 is 1.46 bits per heavy atom. The topological polar surface area (TPSA) is 68.3 Å². The molecule has 0 saturated heterocycles. The Morgan fingerprint density at radius 2 is 1.15 bits per heavy atom. The Hall–Kier alpha value is -0.560. The Balaban J connectivity index is 6.43. The maximum absolute atomic E-state index is 13.0. The standard InChI is InChI=1S/C13H24F6NO4S2/c1-4-6-7-8-10-20(3,9-5-2)11(25(21,22)12(14,15)16)26(23,24)13(17,18)19/h11H,4-10H2,1-3H3/q+1. The van der Waals surface area contributed by atoms with Crippen LogP contribution in [0, 0.1) is 0 Å². The summed E-state index contributed by atoms with van der Waals surface area (Å²) in [7, 11) is -12.5. The molecule has 0 aromatic rings. The van der Waals surface area contributed by atoms with Crippen LogP contribution in [0.3, 0.4) is 0 Å². The van der Waals surface area contributed by atoms with Gasteiger partial charge in [0.15, 0.2) is 0 Å². The van der Waals surface area contributed by atoms with Gasteiger partial charge in [0.1, 0.15) is 0 Å². The molecular weight excluding hydrogens is 412 g/mol. The van der Waals surface area contributed by atoms with Crippen molar-refractivity contribution in [1.29, 1.82) is 0 Å². The molecular formula is C13H24F6NO4S2+. The lowest BCUT2D eigenvalue weighted by molar-refractivity contribution is -0.908. The van der Waals surface area contributed by atoms with Crippen molar-refractivity contribution >= 4 is 19.7 Å². The van der Waals surface area contributed by atoms with Gasteiger partial charge in [0, 0.05) is 0 Å². The van der Waals surface area contributed by atoms with E-state index in [9.17, 15) is 43.2 Å². The van der Waals surface area contributed by atoms with Gasteiger partial charge in [0.2, 0.25) is 0 Å². The van der Waals surface area contributed by atoms with E-state index >= 15 is 0 Å². The molecule has 0 radical (unpaired) electrons. The molecule has 0 aliphatic carbocycles. The van der Waals surface area contributed by atoms with E-state index in [2.05, 4.69) is 0 Å². The van der Waals surface area contributed by atoms with E-state index in [0.29, 0.717) is 12.8 Å². The number of hydrogen-bond donors (Lipinski definition) is 0. The van der Waals surface area contributed by atoms with Crippen LogP contribution in [-0.2, 0) is 19.7 Å². The monoisotopic (exact) mass is 436 g/mol. The van der Waals surface area contributed by atoms with Crippen LogP contribution in [0.1, 0.15) is 46.0 Å². The fraction of sp³-hybridized carbons (Fsp3) is 1.00. The van der Waals surface area contributed by atoms with Crippen molar-refractivity contribution in [2.45, 2.75) is 61.7 Å². The van der Waals surface area contributed by atoms with Gasteiger partial charge in [-0.2, -0.15) is 26.3 Å². The lowest BCUT2D eigenvalue weighted by Crippen LogP contribution is -2.64. The van der Waals surface area contributed by atoms with Gasteiger partial charge in [-0.05, 0) is 19.3 Å². The highest BCUT2D eigenvalue weighted by molar-refractivity contribution is 8.09. The molecule has 0 heterocycles. The number of unbranched alkanes of at least 4 members (excludes halogenated alkanes) is 3. The predicted molar refractivity (Wildman–Crippen MR) is 84.1 cm³/mol. The Labute approximate surface area is 149 Å². The second kappa shape index (κ2) is 8.63. The molecule has 0 amide bonds. The molecule has 0 fully saturated rings. The van der Waals surface area contributed by atoms with Crippen molar-refractivity contribution < 1.29 is 47.7 Å². The summed E-state index contributed by atoms with van der Waals surface area (Å²) in [6.07, 6.45) is 1.89. The van der Waals surface area contributed by atoms with Gasteiger partial charge >= 0.3 is 35.4 Å². The van der Waals surface area contributed by atoms with E-state index < -0.39 is 53.0 Å². The summed E-state index contributed by atoms with van der Waals surface area (Å²) in [5.41, 5.74) is -12.3. The minimum Gasteiger partial charge on any atom is -0.298 e. The predicted octanol–water partition coefficient (Wildman–Crippen LogP) is 3.58. The van der Waals surface area contributed by atoms with E-state index in [1.54, 1.807) is 0 Å².